The number of nitrogens with two attached hydrogens (primary N) is 1. The molecule has 3 N–H and O–H groups in total. The van der Waals surface area contributed by atoms with Crippen molar-refractivity contribution in [2.24, 2.45) is 5.73 Å². The highest BCUT2D eigenvalue weighted by molar-refractivity contribution is 5.99. The van der Waals surface area contributed by atoms with Crippen molar-refractivity contribution in [3.63, 3.8) is 0 Å². The highest BCUT2D eigenvalue weighted by Gasteiger charge is 2.37. The van der Waals surface area contributed by atoms with Crippen molar-refractivity contribution in [2.75, 3.05) is 0 Å². The number of benzene rings is 5. The van der Waals surface area contributed by atoms with Gasteiger partial charge in [0, 0.05) is 16.5 Å². The van der Waals surface area contributed by atoms with Crippen molar-refractivity contribution in [3.05, 3.63) is 131 Å². The molecule has 1 aliphatic heterocycles. The van der Waals surface area contributed by atoms with Crippen LogP contribution in [0.2, 0.25) is 0 Å². The summed E-state index contributed by atoms with van der Waals surface area (Å²) in [7, 11) is 0. The maximum absolute atomic E-state index is 8.69. The number of ether oxygens (including phenoxy) is 3. The van der Waals surface area contributed by atoms with E-state index in [-0.39, 0.29) is 11.3 Å². The zero-order valence-corrected chi connectivity index (χ0v) is 22.3. The summed E-state index contributed by atoms with van der Waals surface area (Å²) in [5.74, 6) is 2.68. The lowest BCUT2D eigenvalue weighted by atomic mass is 9.82. The fourth-order valence-electron chi connectivity index (χ4n) is 5.78. The molecule has 5 heteroatoms. The summed E-state index contributed by atoms with van der Waals surface area (Å²) >= 11 is 0. The summed E-state index contributed by atoms with van der Waals surface area (Å²) in [6.07, 6.45) is -0.740. The van der Waals surface area contributed by atoms with Gasteiger partial charge in [-0.1, -0.05) is 92.7 Å². The van der Waals surface area contributed by atoms with E-state index in [1.165, 1.54) is 22.3 Å². The minimum absolute atomic E-state index is 0.00421. The van der Waals surface area contributed by atoms with Crippen LogP contribution in [0.15, 0.2) is 109 Å². The Bertz CT molecular complexity index is 1790. The normalized spacial score (nSPS) is 14.5. The van der Waals surface area contributed by atoms with Gasteiger partial charge in [0.15, 0.2) is 29.2 Å². The zero-order valence-electron chi connectivity index (χ0n) is 22.3. The molecular weight excluding hydrogens is 496 g/mol. The molecule has 5 aromatic rings. The number of fused-ring (bicyclic) bond motifs is 5. The minimum Gasteiger partial charge on any atom is -0.454 e. The topological polar surface area (TPSA) is 77.6 Å². The van der Waals surface area contributed by atoms with Crippen molar-refractivity contribution in [3.8, 4) is 45.3 Å². The van der Waals surface area contributed by atoms with Gasteiger partial charge in [-0.2, -0.15) is 0 Å². The summed E-state index contributed by atoms with van der Waals surface area (Å²) in [6, 6.07) is 35.7. The second-order valence-electron chi connectivity index (χ2n) is 10.7. The second kappa shape index (κ2) is 9.11. The molecule has 1 aliphatic carbocycles. The van der Waals surface area contributed by atoms with E-state index in [4.69, 9.17) is 25.4 Å². The SMILES string of the molecule is CC1(C)c2ccccc2-c2cc3c(cc21)Oc1cc(-c2ccccc2C(=N)OC(N)c2ccccc2)ccc1O3. The maximum atomic E-state index is 8.69. The van der Waals surface area contributed by atoms with Crippen LogP contribution in [-0.2, 0) is 10.2 Å². The third-order valence-corrected chi connectivity index (χ3v) is 7.89. The standard InChI is InChI=1S/C35H28N2O3/c1-35(2)27-15-9-8-13-24(27)26-19-31-32(20-28(26)35)39-30-18-22(16-17-29(30)38-31)23-12-6-7-14-25(23)34(37)40-33(36)21-10-4-3-5-11-21/h3-20,33,37H,36H2,1-2H3. The van der Waals surface area contributed by atoms with Crippen molar-refractivity contribution in [2.45, 2.75) is 25.5 Å². The summed E-state index contributed by atoms with van der Waals surface area (Å²) in [5, 5.41) is 8.69. The van der Waals surface area contributed by atoms with E-state index < -0.39 is 6.23 Å². The van der Waals surface area contributed by atoms with Crippen LogP contribution in [0.4, 0.5) is 0 Å². The lowest BCUT2D eigenvalue weighted by molar-refractivity contribution is 0.199. The van der Waals surface area contributed by atoms with Gasteiger partial charge in [-0.3, -0.25) is 11.1 Å². The first kappa shape index (κ1) is 24.2. The van der Waals surface area contributed by atoms with E-state index in [2.05, 4.69) is 50.2 Å². The first-order valence-corrected chi connectivity index (χ1v) is 13.3. The molecule has 0 spiro atoms. The van der Waals surface area contributed by atoms with Gasteiger partial charge in [0.1, 0.15) is 0 Å². The lowest BCUT2D eigenvalue weighted by Gasteiger charge is -2.25. The monoisotopic (exact) mass is 524 g/mol. The predicted molar refractivity (Wildman–Crippen MR) is 157 cm³/mol. The summed E-state index contributed by atoms with van der Waals surface area (Å²) < 4.78 is 18.6. The van der Waals surface area contributed by atoms with E-state index in [0.717, 1.165) is 16.7 Å². The second-order valence-corrected chi connectivity index (χ2v) is 10.7. The Hall–Kier alpha value is -4.87. The molecule has 5 nitrogen and oxygen atoms in total. The average Bonchev–Trinajstić information content (AvgIpc) is 3.20. The Kier molecular flexibility index (Phi) is 5.51. The van der Waals surface area contributed by atoms with Gasteiger partial charge >= 0.3 is 0 Å². The number of rotatable bonds is 4. The minimum atomic E-state index is -0.740. The highest BCUT2D eigenvalue weighted by atomic mass is 16.6. The van der Waals surface area contributed by atoms with Gasteiger partial charge in [-0.25, -0.2) is 0 Å². The number of hydrogen-bond donors (Lipinski definition) is 2. The summed E-state index contributed by atoms with van der Waals surface area (Å²) in [5.41, 5.74) is 14.2. The van der Waals surface area contributed by atoms with E-state index in [1.54, 1.807) is 0 Å². The molecule has 40 heavy (non-hydrogen) atoms. The molecule has 5 aromatic carbocycles. The third kappa shape index (κ3) is 3.86. The zero-order chi connectivity index (χ0) is 27.4. The van der Waals surface area contributed by atoms with Crippen LogP contribution in [0, 0.1) is 5.41 Å². The third-order valence-electron chi connectivity index (χ3n) is 7.89. The number of nitrogens with one attached hydrogen (secondary N) is 1. The molecule has 1 unspecified atom stereocenters. The Morgan fingerprint density at radius 1 is 0.675 bits per heavy atom. The van der Waals surface area contributed by atoms with E-state index in [1.807, 2.05) is 72.8 Å². The Labute approximate surface area is 233 Å². The van der Waals surface area contributed by atoms with Crippen molar-refractivity contribution in [1.82, 2.24) is 0 Å². The Morgan fingerprint density at radius 3 is 2.15 bits per heavy atom. The van der Waals surface area contributed by atoms with Crippen LogP contribution < -0.4 is 15.2 Å². The summed E-state index contributed by atoms with van der Waals surface area (Å²) in [4.78, 5) is 0. The van der Waals surface area contributed by atoms with Gasteiger partial charge in [0.25, 0.3) is 0 Å². The first-order valence-electron chi connectivity index (χ1n) is 13.3. The van der Waals surface area contributed by atoms with Gasteiger partial charge in [0.05, 0.1) is 0 Å². The van der Waals surface area contributed by atoms with E-state index in [0.29, 0.717) is 28.6 Å². The van der Waals surface area contributed by atoms with Crippen LogP contribution in [0.1, 0.15) is 42.3 Å². The Balaban J connectivity index is 1.20. The molecule has 0 radical (unpaired) electrons. The van der Waals surface area contributed by atoms with Gasteiger partial charge < -0.3 is 14.2 Å². The molecule has 0 amide bonds. The fraction of sp³-hybridized carbons (Fsp3) is 0.114. The molecule has 0 bridgehead atoms. The van der Waals surface area contributed by atoms with Crippen LogP contribution in [-0.4, -0.2) is 5.90 Å². The van der Waals surface area contributed by atoms with Crippen LogP contribution in [0.25, 0.3) is 22.3 Å². The molecule has 1 atom stereocenters. The molecule has 7 rings (SSSR count). The van der Waals surface area contributed by atoms with Crippen molar-refractivity contribution < 1.29 is 14.2 Å². The van der Waals surface area contributed by atoms with E-state index in [9.17, 15) is 0 Å². The van der Waals surface area contributed by atoms with Gasteiger partial charge in [0.2, 0.25) is 5.90 Å². The largest absolute Gasteiger partial charge is 0.454 e. The smallest absolute Gasteiger partial charge is 0.215 e. The quantitative estimate of drug-likeness (QED) is 0.138. The molecular formula is C35H28N2O3. The first-order chi connectivity index (χ1) is 19.4. The fourth-order valence-corrected chi connectivity index (χ4v) is 5.78. The molecule has 0 fully saturated rings. The average molecular weight is 525 g/mol. The molecule has 196 valence electrons. The molecule has 2 aliphatic rings. The van der Waals surface area contributed by atoms with Crippen LogP contribution >= 0.6 is 0 Å². The highest BCUT2D eigenvalue weighted by Crippen LogP contribution is 2.55. The number of hydrogen-bond acceptors (Lipinski definition) is 5. The predicted octanol–water partition coefficient (Wildman–Crippen LogP) is 8.56. The molecule has 0 saturated carbocycles. The Morgan fingerprint density at radius 2 is 1.32 bits per heavy atom. The lowest BCUT2D eigenvalue weighted by Crippen LogP contribution is -2.19. The van der Waals surface area contributed by atoms with Crippen molar-refractivity contribution in [1.29, 1.82) is 5.41 Å². The van der Waals surface area contributed by atoms with Gasteiger partial charge in [-0.15, -0.1) is 0 Å². The summed E-state index contributed by atoms with van der Waals surface area (Å²) in [6.45, 7) is 4.49. The molecule has 0 aromatic heterocycles. The van der Waals surface area contributed by atoms with E-state index >= 15 is 0 Å². The van der Waals surface area contributed by atoms with Crippen LogP contribution in [0.3, 0.4) is 0 Å². The van der Waals surface area contributed by atoms with Crippen LogP contribution in [0.5, 0.6) is 23.0 Å². The molecule has 0 saturated heterocycles. The molecule has 1 heterocycles. The van der Waals surface area contributed by atoms with Gasteiger partial charge in [-0.05, 0) is 63.7 Å². The maximum Gasteiger partial charge on any atom is 0.215 e. The van der Waals surface area contributed by atoms with Crippen molar-refractivity contribution >= 4 is 5.90 Å².